The average Bonchev–Trinajstić information content (AvgIpc) is 3.01. The number of hydrogen-bond donors (Lipinski definition) is 2. The van der Waals surface area contributed by atoms with Crippen LogP contribution in [0.25, 0.3) is 0 Å². The maximum atomic E-state index is 12.8. The molecule has 0 aromatic heterocycles. The van der Waals surface area contributed by atoms with Gasteiger partial charge in [-0.05, 0) is 25.7 Å². The zero-order chi connectivity index (χ0) is 18.7. The van der Waals surface area contributed by atoms with Gasteiger partial charge in [-0.3, -0.25) is 9.59 Å². The number of amides is 2. The molecule has 1 heterocycles. The van der Waals surface area contributed by atoms with E-state index in [0.717, 1.165) is 19.3 Å². The molecule has 3 unspecified atom stereocenters. The topological polar surface area (TPSA) is 93.9 Å². The summed E-state index contributed by atoms with van der Waals surface area (Å²) in [5.74, 6) is 1.00. The van der Waals surface area contributed by atoms with E-state index in [9.17, 15) is 9.59 Å². The first-order valence-electron chi connectivity index (χ1n) is 9.12. The molecule has 7 nitrogen and oxygen atoms in total. The summed E-state index contributed by atoms with van der Waals surface area (Å²) in [7, 11) is 3.14. The van der Waals surface area contributed by atoms with Crippen molar-refractivity contribution >= 4 is 17.5 Å². The lowest BCUT2D eigenvalue weighted by molar-refractivity contribution is -0.130. The number of methoxy groups -OCH3 is 2. The molecule has 2 aliphatic rings. The fraction of sp³-hybridized carbons (Fsp3) is 0.579. The second-order valence-corrected chi connectivity index (χ2v) is 7.03. The molecule has 1 aliphatic carbocycles. The number of nitrogens with zero attached hydrogens (tertiary/aromatic N) is 1. The predicted molar refractivity (Wildman–Crippen MR) is 98.4 cm³/mol. The van der Waals surface area contributed by atoms with Crippen molar-refractivity contribution in [2.75, 3.05) is 25.7 Å². The standard InChI is InChI=1S/C19H27N3O4/c1-25-15-9-14(10-16(11-15)26-2)22-7-6-17(19(22)24)21-18(23)12-4-3-5-13(20)8-12/h9-13,17H,3-8,20H2,1-2H3,(H,21,23). The summed E-state index contributed by atoms with van der Waals surface area (Å²) in [4.78, 5) is 27.0. The van der Waals surface area contributed by atoms with E-state index in [0.29, 0.717) is 36.6 Å². The molecule has 0 spiro atoms. The zero-order valence-corrected chi connectivity index (χ0v) is 15.4. The maximum absolute atomic E-state index is 12.8. The van der Waals surface area contributed by atoms with Gasteiger partial charge in [0.2, 0.25) is 11.8 Å². The molecule has 3 rings (SSSR count). The van der Waals surface area contributed by atoms with Gasteiger partial charge in [0.05, 0.1) is 19.9 Å². The fourth-order valence-corrected chi connectivity index (χ4v) is 3.77. The Hall–Kier alpha value is -2.28. The number of benzene rings is 1. The van der Waals surface area contributed by atoms with E-state index in [1.807, 2.05) is 0 Å². The molecule has 1 aromatic carbocycles. The summed E-state index contributed by atoms with van der Waals surface area (Å²) < 4.78 is 10.5. The van der Waals surface area contributed by atoms with Crippen LogP contribution in [0.3, 0.4) is 0 Å². The third-order valence-corrected chi connectivity index (χ3v) is 5.26. The largest absolute Gasteiger partial charge is 0.497 e. The Morgan fingerprint density at radius 3 is 2.46 bits per heavy atom. The fourth-order valence-electron chi connectivity index (χ4n) is 3.77. The van der Waals surface area contributed by atoms with Gasteiger partial charge in [-0.15, -0.1) is 0 Å². The van der Waals surface area contributed by atoms with E-state index in [1.54, 1.807) is 37.3 Å². The summed E-state index contributed by atoms with van der Waals surface area (Å²) in [6, 6.07) is 4.95. The smallest absolute Gasteiger partial charge is 0.249 e. The zero-order valence-electron chi connectivity index (χ0n) is 15.4. The number of hydrogen-bond acceptors (Lipinski definition) is 5. The summed E-state index contributed by atoms with van der Waals surface area (Å²) >= 11 is 0. The molecule has 3 atom stereocenters. The quantitative estimate of drug-likeness (QED) is 0.828. The third-order valence-electron chi connectivity index (χ3n) is 5.26. The van der Waals surface area contributed by atoms with Gasteiger partial charge in [-0.25, -0.2) is 0 Å². The van der Waals surface area contributed by atoms with Crippen LogP contribution in [0.1, 0.15) is 32.1 Å². The third kappa shape index (κ3) is 3.93. The molecule has 2 amide bonds. The van der Waals surface area contributed by atoms with E-state index in [1.165, 1.54) is 0 Å². The molecule has 1 aliphatic heterocycles. The summed E-state index contributed by atoms with van der Waals surface area (Å²) in [5, 5.41) is 2.93. The van der Waals surface area contributed by atoms with Crippen LogP contribution in [-0.4, -0.2) is 44.7 Å². The number of anilines is 1. The Balaban J connectivity index is 1.67. The first-order chi connectivity index (χ1) is 12.5. The molecule has 142 valence electrons. The number of carbonyl (C=O) groups excluding carboxylic acids is 2. The number of ether oxygens (including phenoxy) is 2. The minimum Gasteiger partial charge on any atom is -0.497 e. The van der Waals surface area contributed by atoms with Crippen LogP contribution in [0.4, 0.5) is 5.69 Å². The second kappa shape index (κ2) is 7.95. The lowest BCUT2D eigenvalue weighted by atomic mass is 9.85. The van der Waals surface area contributed by atoms with Crippen molar-refractivity contribution in [1.82, 2.24) is 5.32 Å². The van der Waals surface area contributed by atoms with Gasteiger partial charge < -0.3 is 25.4 Å². The Morgan fingerprint density at radius 2 is 1.85 bits per heavy atom. The molecule has 1 saturated carbocycles. The van der Waals surface area contributed by atoms with Gasteiger partial charge in [0.15, 0.2) is 0 Å². The molecule has 1 saturated heterocycles. The van der Waals surface area contributed by atoms with Gasteiger partial charge in [0, 0.05) is 36.7 Å². The lowest BCUT2D eigenvalue weighted by Gasteiger charge is -2.26. The van der Waals surface area contributed by atoms with Gasteiger partial charge in [0.25, 0.3) is 0 Å². The van der Waals surface area contributed by atoms with Crippen molar-refractivity contribution in [2.45, 2.75) is 44.2 Å². The Bertz CT molecular complexity index is 656. The minimum atomic E-state index is -0.488. The van der Waals surface area contributed by atoms with Crippen LogP contribution in [0, 0.1) is 5.92 Å². The highest BCUT2D eigenvalue weighted by molar-refractivity contribution is 6.01. The van der Waals surface area contributed by atoms with E-state index < -0.39 is 6.04 Å². The molecule has 1 aromatic rings. The molecule has 3 N–H and O–H groups in total. The van der Waals surface area contributed by atoms with E-state index >= 15 is 0 Å². The highest BCUT2D eigenvalue weighted by atomic mass is 16.5. The predicted octanol–water partition coefficient (Wildman–Crippen LogP) is 1.44. The highest BCUT2D eigenvalue weighted by Gasteiger charge is 2.36. The van der Waals surface area contributed by atoms with Gasteiger partial charge in [-0.1, -0.05) is 6.42 Å². The monoisotopic (exact) mass is 361 g/mol. The molecular weight excluding hydrogens is 334 g/mol. The molecule has 7 heteroatoms. The van der Waals surface area contributed by atoms with Crippen molar-refractivity contribution in [3.05, 3.63) is 18.2 Å². The van der Waals surface area contributed by atoms with Crippen molar-refractivity contribution < 1.29 is 19.1 Å². The molecule has 2 fully saturated rings. The molecule has 26 heavy (non-hydrogen) atoms. The average molecular weight is 361 g/mol. The number of nitrogens with one attached hydrogen (secondary N) is 1. The van der Waals surface area contributed by atoms with E-state index in [4.69, 9.17) is 15.2 Å². The molecule has 0 bridgehead atoms. The van der Waals surface area contributed by atoms with Crippen molar-refractivity contribution in [1.29, 1.82) is 0 Å². The van der Waals surface area contributed by atoms with Crippen molar-refractivity contribution in [3.8, 4) is 11.5 Å². The van der Waals surface area contributed by atoms with E-state index in [-0.39, 0.29) is 23.8 Å². The van der Waals surface area contributed by atoms with Crippen LogP contribution in [0.15, 0.2) is 18.2 Å². The van der Waals surface area contributed by atoms with Crippen LogP contribution in [0.5, 0.6) is 11.5 Å². The molecular formula is C19H27N3O4. The first kappa shape index (κ1) is 18.5. The molecule has 0 radical (unpaired) electrons. The van der Waals surface area contributed by atoms with E-state index in [2.05, 4.69) is 5.32 Å². The SMILES string of the molecule is COc1cc(OC)cc(N2CCC(NC(=O)C3CCCC(N)C3)C2=O)c1. The van der Waals surface area contributed by atoms with Crippen molar-refractivity contribution in [2.24, 2.45) is 11.7 Å². The van der Waals surface area contributed by atoms with Crippen LogP contribution in [0.2, 0.25) is 0 Å². The normalized spacial score (nSPS) is 25.9. The highest BCUT2D eigenvalue weighted by Crippen LogP contribution is 2.31. The van der Waals surface area contributed by atoms with Gasteiger partial charge in [-0.2, -0.15) is 0 Å². The van der Waals surface area contributed by atoms with Gasteiger partial charge in [0.1, 0.15) is 17.5 Å². The van der Waals surface area contributed by atoms with Gasteiger partial charge >= 0.3 is 0 Å². The van der Waals surface area contributed by atoms with Crippen LogP contribution in [-0.2, 0) is 9.59 Å². The number of rotatable bonds is 5. The number of carbonyl (C=O) groups is 2. The Labute approximate surface area is 153 Å². The first-order valence-corrected chi connectivity index (χ1v) is 9.12. The van der Waals surface area contributed by atoms with Crippen molar-refractivity contribution in [3.63, 3.8) is 0 Å². The Kier molecular flexibility index (Phi) is 5.66. The van der Waals surface area contributed by atoms with Crippen LogP contribution < -0.4 is 25.4 Å². The summed E-state index contributed by atoms with van der Waals surface area (Å²) in [5.41, 5.74) is 6.68. The lowest BCUT2D eigenvalue weighted by Crippen LogP contribution is -2.45. The number of nitrogens with two attached hydrogens (primary N) is 1. The summed E-state index contributed by atoms with van der Waals surface area (Å²) in [6.45, 7) is 0.546. The summed E-state index contributed by atoms with van der Waals surface area (Å²) in [6.07, 6.45) is 4.06. The second-order valence-electron chi connectivity index (χ2n) is 7.03. The van der Waals surface area contributed by atoms with Crippen LogP contribution >= 0.6 is 0 Å². The maximum Gasteiger partial charge on any atom is 0.249 e. The minimum absolute atomic E-state index is 0.0522. The Morgan fingerprint density at radius 1 is 1.15 bits per heavy atom.